The van der Waals surface area contributed by atoms with Gasteiger partial charge in [-0.3, -0.25) is 0 Å². The summed E-state index contributed by atoms with van der Waals surface area (Å²) in [6, 6.07) is 15.4. The molecule has 2 aromatic carbocycles. The van der Waals surface area contributed by atoms with E-state index in [1.165, 1.54) is 23.1 Å². The number of fused-ring (bicyclic) bond motifs is 1. The van der Waals surface area contributed by atoms with Crippen LogP contribution in [0.2, 0.25) is 0 Å². The number of H-pyrrole nitrogens is 2. The summed E-state index contributed by atoms with van der Waals surface area (Å²) >= 11 is 5.17. The molecule has 0 amide bonds. The molecular weight excluding hydrogens is 326 g/mol. The maximum Gasteiger partial charge on any atom is 0.175 e. The number of hydrogen-bond donors (Lipinski definition) is 2. The third-order valence-electron chi connectivity index (χ3n) is 4.67. The van der Waals surface area contributed by atoms with Gasteiger partial charge in [0.1, 0.15) is 0 Å². The maximum atomic E-state index is 5.17. The van der Waals surface area contributed by atoms with E-state index in [9.17, 15) is 0 Å². The smallest absolute Gasteiger partial charge is 0.175 e. The van der Waals surface area contributed by atoms with E-state index >= 15 is 0 Å². The molecule has 0 saturated heterocycles. The Kier molecular flexibility index (Phi) is 6.05. The second kappa shape index (κ2) is 8.45. The number of nitrogens with zero attached hydrogens (tertiary/aromatic N) is 1. The molecule has 0 spiro atoms. The molecule has 0 atom stereocenters. The molecule has 0 bridgehead atoms. The second-order valence-electron chi connectivity index (χ2n) is 6.79. The van der Waals surface area contributed by atoms with Gasteiger partial charge in [-0.2, -0.15) is 0 Å². The van der Waals surface area contributed by atoms with Crippen molar-refractivity contribution in [2.75, 3.05) is 19.6 Å². The first-order chi connectivity index (χ1) is 12.1. The van der Waals surface area contributed by atoms with E-state index < -0.39 is 0 Å². The lowest BCUT2D eigenvalue weighted by Gasteiger charge is -2.21. The van der Waals surface area contributed by atoms with Crippen molar-refractivity contribution >= 4 is 23.3 Å². The van der Waals surface area contributed by atoms with Gasteiger partial charge in [0, 0.05) is 13.1 Å². The number of benzene rings is 2. The van der Waals surface area contributed by atoms with Crippen LogP contribution >= 0.6 is 12.2 Å². The minimum atomic E-state index is 0.692. The van der Waals surface area contributed by atoms with E-state index in [-0.39, 0.29) is 0 Å². The predicted molar refractivity (Wildman–Crippen MR) is 109 cm³/mol. The van der Waals surface area contributed by atoms with Crippen LogP contribution in [0.25, 0.3) is 11.0 Å². The van der Waals surface area contributed by atoms with Crippen LogP contribution in [0.3, 0.4) is 0 Å². The minimum Gasteiger partial charge on any atom is -0.331 e. The molecule has 4 heteroatoms. The van der Waals surface area contributed by atoms with E-state index in [2.05, 4.69) is 71.2 Å². The monoisotopic (exact) mass is 353 g/mol. The highest BCUT2D eigenvalue weighted by atomic mass is 32.1. The van der Waals surface area contributed by atoms with Crippen LogP contribution in [0.5, 0.6) is 0 Å². The van der Waals surface area contributed by atoms with Crippen molar-refractivity contribution in [3.63, 3.8) is 0 Å². The fourth-order valence-corrected chi connectivity index (χ4v) is 3.44. The Morgan fingerprint density at radius 3 is 2.20 bits per heavy atom. The zero-order valence-electron chi connectivity index (χ0n) is 15.1. The van der Waals surface area contributed by atoms with Gasteiger partial charge in [0.05, 0.1) is 11.0 Å². The van der Waals surface area contributed by atoms with Gasteiger partial charge in [0.15, 0.2) is 4.77 Å². The van der Waals surface area contributed by atoms with Crippen molar-refractivity contribution in [1.29, 1.82) is 0 Å². The lowest BCUT2D eigenvalue weighted by atomic mass is 10.1. The van der Waals surface area contributed by atoms with Crippen molar-refractivity contribution in [3.05, 3.63) is 63.9 Å². The van der Waals surface area contributed by atoms with Crippen LogP contribution in [-0.4, -0.2) is 34.5 Å². The second-order valence-corrected chi connectivity index (χ2v) is 7.19. The Bertz CT molecular complexity index is 861. The summed E-state index contributed by atoms with van der Waals surface area (Å²) < 4.78 is 0.692. The average Bonchev–Trinajstić information content (AvgIpc) is 2.98. The number of hydrogen-bond acceptors (Lipinski definition) is 2. The first-order valence-corrected chi connectivity index (χ1v) is 9.53. The molecule has 1 heterocycles. The van der Waals surface area contributed by atoms with Gasteiger partial charge in [-0.1, -0.05) is 42.8 Å². The SMILES string of the molecule is CCCN(CCc1ccc(C)cc1)CCc1ccc2[nH]c(=S)[nH]c2c1. The van der Waals surface area contributed by atoms with Crippen LogP contribution in [0.1, 0.15) is 30.0 Å². The van der Waals surface area contributed by atoms with Crippen molar-refractivity contribution < 1.29 is 0 Å². The zero-order valence-corrected chi connectivity index (χ0v) is 16.0. The molecule has 2 N–H and O–H groups in total. The molecular formula is C21H27N3S. The predicted octanol–water partition coefficient (Wildman–Crippen LogP) is 5.03. The van der Waals surface area contributed by atoms with E-state index in [0.29, 0.717) is 4.77 Å². The molecule has 1 aromatic heterocycles. The van der Waals surface area contributed by atoms with E-state index in [1.54, 1.807) is 0 Å². The Labute approximate surface area is 155 Å². The Balaban J connectivity index is 1.58. The van der Waals surface area contributed by atoms with E-state index in [4.69, 9.17) is 12.2 Å². The zero-order chi connectivity index (χ0) is 17.6. The molecule has 0 aliphatic carbocycles. The van der Waals surface area contributed by atoms with Gasteiger partial charge in [-0.05, 0) is 68.2 Å². The lowest BCUT2D eigenvalue weighted by Crippen LogP contribution is -2.29. The number of aromatic amines is 2. The first-order valence-electron chi connectivity index (χ1n) is 9.13. The molecule has 0 fully saturated rings. The summed E-state index contributed by atoms with van der Waals surface area (Å²) in [6.07, 6.45) is 3.37. The summed E-state index contributed by atoms with van der Waals surface area (Å²) in [5.74, 6) is 0. The third kappa shape index (κ3) is 5.03. The summed E-state index contributed by atoms with van der Waals surface area (Å²) in [7, 11) is 0. The van der Waals surface area contributed by atoms with E-state index in [1.807, 2.05) is 0 Å². The van der Waals surface area contributed by atoms with Crippen LogP contribution < -0.4 is 0 Å². The molecule has 0 unspecified atom stereocenters. The van der Waals surface area contributed by atoms with Gasteiger partial charge < -0.3 is 14.9 Å². The third-order valence-corrected chi connectivity index (χ3v) is 4.88. The molecule has 3 nitrogen and oxygen atoms in total. The Morgan fingerprint density at radius 1 is 0.840 bits per heavy atom. The van der Waals surface area contributed by atoms with Gasteiger partial charge in [0.2, 0.25) is 0 Å². The molecule has 0 saturated carbocycles. The molecule has 25 heavy (non-hydrogen) atoms. The van der Waals surface area contributed by atoms with Gasteiger partial charge in [-0.25, -0.2) is 0 Å². The van der Waals surface area contributed by atoms with Crippen molar-refractivity contribution in [3.8, 4) is 0 Å². The van der Waals surface area contributed by atoms with Crippen LogP contribution in [0.15, 0.2) is 42.5 Å². The number of imidazole rings is 1. The molecule has 0 aliphatic heterocycles. The van der Waals surface area contributed by atoms with Gasteiger partial charge in [-0.15, -0.1) is 0 Å². The summed E-state index contributed by atoms with van der Waals surface area (Å²) in [6.45, 7) is 7.76. The number of aromatic nitrogens is 2. The molecule has 132 valence electrons. The molecule has 3 rings (SSSR count). The fraction of sp³-hybridized carbons (Fsp3) is 0.381. The standard InChI is InChI=1S/C21H27N3S/c1-3-12-24(13-10-17-6-4-16(2)5-7-17)14-11-18-8-9-19-20(15-18)23-21(25)22-19/h4-9,15H,3,10-14H2,1-2H3,(H2,22,23,25). The normalized spacial score (nSPS) is 11.5. The average molecular weight is 354 g/mol. The molecule has 0 radical (unpaired) electrons. The largest absolute Gasteiger partial charge is 0.331 e. The number of nitrogens with one attached hydrogen (secondary N) is 2. The minimum absolute atomic E-state index is 0.692. The highest BCUT2D eigenvalue weighted by Crippen LogP contribution is 2.13. The Morgan fingerprint density at radius 2 is 1.48 bits per heavy atom. The van der Waals surface area contributed by atoms with Crippen molar-refractivity contribution in [1.82, 2.24) is 14.9 Å². The van der Waals surface area contributed by atoms with Crippen molar-refractivity contribution in [2.24, 2.45) is 0 Å². The maximum absolute atomic E-state index is 5.17. The summed E-state index contributed by atoms with van der Waals surface area (Å²) in [5, 5.41) is 0. The topological polar surface area (TPSA) is 34.8 Å². The number of aryl methyl sites for hydroxylation is 1. The van der Waals surface area contributed by atoms with Crippen LogP contribution in [0, 0.1) is 11.7 Å². The lowest BCUT2D eigenvalue weighted by molar-refractivity contribution is 0.281. The fourth-order valence-electron chi connectivity index (χ4n) is 3.22. The summed E-state index contributed by atoms with van der Waals surface area (Å²) in [4.78, 5) is 8.94. The van der Waals surface area contributed by atoms with Crippen LogP contribution in [-0.2, 0) is 12.8 Å². The highest BCUT2D eigenvalue weighted by Gasteiger charge is 2.06. The van der Waals surface area contributed by atoms with Gasteiger partial charge in [0.25, 0.3) is 0 Å². The molecule has 3 aromatic rings. The van der Waals surface area contributed by atoms with Gasteiger partial charge >= 0.3 is 0 Å². The Hall–Kier alpha value is -1.91. The molecule has 0 aliphatic rings. The summed E-state index contributed by atoms with van der Waals surface area (Å²) in [5.41, 5.74) is 6.29. The quantitative estimate of drug-likeness (QED) is 0.557. The van der Waals surface area contributed by atoms with Crippen LogP contribution in [0.4, 0.5) is 0 Å². The van der Waals surface area contributed by atoms with Crippen molar-refractivity contribution in [2.45, 2.75) is 33.1 Å². The number of rotatable bonds is 8. The highest BCUT2D eigenvalue weighted by molar-refractivity contribution is 7.71. The van der Waals surface area contributed by atoms with E-state index in [0.717, 1.165) is 43.5 Å². The first kappa shape index (κ1) is 17.9.